The normalized spacial score (nSPS) is 12.5. The number of hydrogen-bond acceptors (Lipinski definition) is 4. The molecule has 0 unspecified atom stereocenters. The summed E-state index contributed by atoms with van der Waals surface area (Å²) < 4.78 is 27.5. The van der Waals surface area contributed by atoms with E-state index in [-0.39, 0.29) is 35.8 Å². The minimum Gasteiger partial charge on any atom is -0.352 e. The van der Waals surface area contributed by atoms with Gasteiger partial charge < -0.3 is 21.3 Å². The molecule has 0 heterocycles. The van der Waals surface area contributed by atoms with Crippen LogP contribution in [0.3, 0.4) is 0 Å². The fraction of sp³-hybridized carbons (Fsp3) is 0.485. The second-order valence-corrected chi connectivity index (χ2v) is 10.8. The zero-order chi connectivity index (χ0) is 31.2. The topological polar surface area (TPSA) is 105 Å². The predicted molar refractivity (Wildman–Crippen MR) is 163 cm³/mol. The van der Waals surface area contributed by atoms with E-state index in [1.165, 1.54) is 6.07 Å². The number of nitrogens with two attached hydrogens (primary N) is 1. The van der Waals surface area contributed by atoms with Crippen LogP contribution in [0.25, 0.3) is 0 Å². The summed E-state index contributed by atoms with van der Waals surface area (Å²) in [5.41, 5.74) is 7.86. The first-order valence-electron chi connectivity index (χ1n) is 14.9. The molecule has 2 aromatic carbocycles. The monoisotopic (exact) mass is 584 g/mol. The summed E-state index contributed by atoms with van der Waals surface area (Å²) in [4.78, 5) is 41.0. The van der Waals surface area contributed by atoms with E-state index < -0.39 is 29.6 Å². The molecule has 3 amide bonds. The van der Waals surface area contributed by atoms with Crippen LogP contribution < -0.4 is 16.4 Å². The second-order valence-electron chi connectivity index (χ2n) is 10.8. The molecule has 0 saturated carbocycles. The van der Waals surface area contributed by atoms with Crippen molar-refractivity contribution >= 4 is 17.7 Å². The van der Waals surface area contributed by atoms with Crippen LogP contribution in [-0.2, 0) is 11.2 Å². The molecule has 230 valence electrons. The number of amides is 3. The van der Waals surface area contributed by atoms with Crippen molar-refractivity contribution in [2.75, 3.05) is 19.6 Å². The summed E-state index contributed by atoms with van der Waals surface area (Å²) in [6.45, 7) is 13.8. The van der Waals surface area contributed by atoms with Crippen LogP contribution in [0.2, 0.25) is 0 Å². The quantitative estimate of drug-likeness (QED) is 0.217. The van der Waals surface area contributed by atoms with Crippen LogP contribution in [0, 0.1) is 17.6 Å². The number of carbonyl (C=O) groups excluding carboxylic acids is 3. The highest BCUT2D eigenvalue weighted by atomic mass is 19.2. The van der Waals surface area contributed by atoms with Gasteiger partial charge in [0.25, 0.3) is 11.8 Å². The van der Waals surface area contributed by atoms with Crippen molar-refractivity contribution in [3.8, 4) is 0 Å². The Bertz CT molecular complexity index is 1210. The molecule has 0 aliphatic carbocycles. The number of benzene rings is 2. The number of nitrogens with zero attached hydrogens (tertiary/aromatic N) is 1. The highest BCUT2D eigenvalue weighted by Gasteiger charge is 2.25. The van der Waals surface area contributed by atoms with Gasteiger partial charge in [0.1, 0.15) is 0 Å². The predicted octanol–water partition coefficient (Wildman–Crippen LogP) is 5.39. The number of nitrogens with one attached hydrogen (secondary N) is 2. The van der Waals surface area contributed by atoms with Gasteiger partial charge in [-0.05, 0) is 67.5 Å². The van der Waals surface area contributed by atoms with Gasteiger partial charge >= 0.3 is 0 Å². The van der Waals surface area contributed by atoms with E-state index in [4.69, 9.17) is 5.73 Å². The smallest absolute Gasteiger partial charge is 0.253 e. The summed E-state index contributed by atoms with van der Waals surface area (Å²) in [7, 11) is 0. The van der Waals surface area contributed by atoms with Crippen LogP contribution in [0.1, 0.15) is 86.1 Å². The van der Waals surface area contributed by atoms with Crippen LogP contribution in [0.4, 0.5) is 8.78 Å². The van der Waals surface area contributed by atoms with E-state index in [1.807, 2.05) is 13.8 Å². The Morgan fingerprint density at radius 3 is 2.17 bits per heavy atom. The lowest BCUT2D eigenvalue weighted by Gasteiger charge is -2.26. The number of hydrogen-bond donors (Lipinski definition) is 3. The molecule has 0 bridgehead atoms. The van der Waals surface area contributed by atoms with E-state index in [0.717, 1.165) is 37.8 Å². The van der Waals surface area contributed by atoms with Gasteiger partial charge in [0.05, 0.1) is 0 Å². The van der Waals surface area contributed by atoms with Crippen LogP contribution in [0.5, 0.6) is 0 Å². The first-order valence-corrected chi connectivity index (χ1v) is 14.9. The van der Waals surface area contributed by atoms with Gasteiger partial charge in [0.15, 0.2) is 11.6 Å². The third-order valence-corrected chi connectivity index (χ3v) is 7.43. The van der Waals surface area contributed by atoms with Gasteiger partial charge in [-0.2, -0.15) is 0 Å². The molecule has 9 heteroatoms. The van der Waals surface area contributed by atoms with Gasteiger partial charge in [-0.1, -0.05) is 59.2 Å². The standard InChI is InChI=1S/C33H46F2N4O3/c1-6-15-39(16-7-2)33(42)26-12-10-11-25(20-26)32(41)38-30(19-24-13-14-27(34)28(35)18-24)29(36)17-22(5)31(40)37-21-23(8-3)9-4/h10-14,18,20,23,29-30H,5-9,15-17,19,21,36H2,1-4H3,(H,37,40)(H,38,41)/t29-,30-/m0/s1. The van der Waals surface area contributed by atoms with Gasteiger partial charge in [-0.15, -0.1) is 0 Å². The van der Waals surface area contributed by atoms with Crippen molar-refractivity contribution < 1.29 is 23.2 Å². The minimum absolute atomic E-state index is 0.0743. The molecular weight excluding hydrogens is 538 g/mol. The third-order valence-electron chi connectivity index (χ3n) is 7.43. The summed E-state index contributed by atoms with van der Waals surface area (Å²) in [6, 6.07) is 8.46. The first kappa shape index (κ1) is 34.6. The molecule has 0 radical (unpaired) electrons. The molecule has 0 aromatic heterocycles. The molecule has 0 saturated heterocycles. The number of carbonyl (C=O) groups is 3. The summed E-state index contributed by atoms with van der Waals surface area (Å²) in [5, 5.41) is 5.79. The van der Waals surface area contributed by atoms with E-state index >= 15 is 0 Å². The summed E-state index contributed by atoms with van der Waals surface area (Å²) >= 11 is 0. The molecule has 0 aliphatic heterocycles. The molecule has 2 aromatic rings. The molecule has 42 heavy (non-hydrogen) atoms. The van der Waals surface area contributed by atoms with Crippen LogP contribution in [0.15, 0.2) is 54.6 Å². The zero-order valence-electron chi connectivity index (χ0n) is 25.3. The van der Waals surface area contributed by atoms with Crippen molar-refractivity contribution in [2.45, 2.75) is 78.3 Å². The van der Waals surface area contributed by atoms with E-state index in [2.05, 4.69) is 31.1 Å². The maximum Gasteiger partial charge on any atom is 0.253 e. The van der Waals surface area contributed by atoms with Gasteiger partial charge in [-0.3, -0.25) is 14.4 Å². The van der Waals surface area contributed by atoms with Crippen molar-refractivity contribution in [1.29, 1.82) is 0 Å². The van der Waals surface area contributed by atoms with E-state index in [9.17, 15) is 23.2 Å². The first-order chi connectivity index (χ1) is 20.0. The fourth-order valence-electron chi connectivity index (χ4n) is 4.77. The summed E-state index contributed by atoms with van der Waals surface area (Å²) in [6.07, 6.45) is 3.67. The number of rotatable bonds is 17. The molecule has 4 N–H and O–H groups in total. The molecular formula is C33H46F2N4O3. The number of halogens is 2. The SMILES string of the molecule is C=C(C[C@H](N)[C@H](Cc1ccc(F)c(F)c1)NC(=O)c1cccc(C(=O)N(CCC)CCC)c1)C(=O)NCC(CC)CC. The Balaban J connectivity index is 2.25. The second kappa shape index (κ2) is 17.4. The minimum atomic E-state index is -1.01. The van der Waals surface area contributed by atoms with E-state index in [0.29, 0.717) is 36.7 Å². The lowest BCUT2D eigenvalue weighted by atomic mass is 9.94. The maximum atomic E-state index is 14.0. The zero-order valence-corrected chi connectivity index (χ0v) is 25.3. The summed E-state index contributed by atoms with van der Waals surface area (Å²) in [5.74, 6) is -2.58. The average Bonchev–Trinajstić information content (AvgIpc) is 2.98. The molecule has 2 atom stereocenters. The highest BCUT2D eigenvalue weighted by molar-refractivity contribution is 6.00. The Labute approximate surface area is 248 Å². The third kappa shape index (κ3) is 10.4. The van der Waals surface area contributed by atoms with Gasteiger partial charge in [0.2, 0.25) is 5.91 Å². The fourth-order valence-corrected chi connectivity index (χ4v) is 4.77. The molecule has 0 fully saturated rings. The Kier molecular flexibility index (Phi) is 14.3. The van der Waals surface area contributed by atoms with Gasteiger partial charge in [0, 0.05) is 48.4 Å². The molecule has 0 spiro atoms. The van der Waals surface area contributed by atoms with Crippen LogP contribution >= 0.6 is 0 Å². The van der Waals surface area contributed by atoms with Crippen molar-refractivity contribution in [3.05, 3.63) is 82.9 Å². The van der Waals surface area contributed by atoms with Crippen molar-refractivity contribution in [3.63, 3.8) is 0 Å². The maximum absolute atomic E-state index is 14.0. The largest absolute Gasteiger partial charge is 0.352 e. The van der Waals surface area contributed by atoms with Crippen LogP contribution in [-0.4, -0.2) is 54.3 Å². The van der Waals surface area contributed by atoms with Crippen molar-refractivity contribution in [2.24, 2.45) is 11.7 Å². The lowest BCUT2D eigenvalue weighted by molar-refractivity contribution is -0.117. The highest BCUT2D eigenvalue weighted by Crippen LogP contribution is 2.16. The van der Waals surface area contributed by atoms with E-state index in [1.54, 1.807) is 29.2 Å². The van der Waals surface area contributed by atoms with Crippen molar-refractivity contribution in [1.82, 2.24) is 15.5 Å². The average molecular weight is 585 g/mol. The van der Waals surface area contributed by atoms with Gasteiger partial charge in [-0.25, -0.2) is 8.78 Å². The Morgan fingerprint density at radius 2 is 1.57 bits per heavy atom. The molecule has 7 nitrogen and oxygen atoms in total. The Hall–Kier alpha value is -3.59. The Morgan fingerprint density at radius 1 is 0.929 bits per heavy atom. The lowest BCUT2D eigenvalue weighted by Crippen LogP contribution is -2.49. The molecule has 2 rings (SSSR count). The molecule has 0 aliphatic rings.